The minimum absolute atomic E-state index is 0.0419. The normalized spacial score (nSPS) is 18.2. The van der Waals surface area contributed by atoms with Crippen molar-refractivity contribution in [3.05, 3.63) is 0 Å². The van der Waals surface area contributed by atoms with Crippen LogP contribution >= 0.6 is 0 Å². The van der Waals surface area contributed by atoms with Crippen molar-refractivity contribution in [2.24, 2.45) is 0 Å². The van der Waals surface area contributed by atoms with E-state index in [0.717, 1.165) is 25.7 Å². The smallest absolute Gasteiger partial charge is 0.407 e. The zero-order valence-electron chi connectivity index (χ0n) is 7.79. The van der Waals surface area contributed by atoms with Crippen LogP contribution in [0.3, 0.4) is 0 Å². The van der Waals surface area contributed by atoms with Gasteiger partial charge < -0.3 is 15.2 Å². The fourth-order valence-electron chi connectivity index (χ4n) is 1.53. The highest BCUT2D eigenvalue weighted by Crippen LogP contribution is 2.20. The molecular formula is C9H17NO3. The first-order valence-corrected chi connectivity index (χ1v) is 4.88. The van der Waals surface area contributed by atoms with E-state index >= 15 is 0 Å². The van der Waals surface area contributed by atoms with E-state index in [1.54, 1.807) is 0 Å². The Balaban J connectivity index is 2.11. The molecule has 0 aliphatic heterocycles. The van der Waals surface area contributed by atoms with E-state index in [0.29, 0.717) is 0 Å². The van der Waals surface area contributed by atoms with Crippen LogP contribution in [0.25, 0.3) is 0 Å². The molecule has 0 aromatic carbocycles. The second-order valence-electron chi connectivity index (χ2n) is 3.32. The molecule has 0 bridgehead atoms. The third-order valence-electron chi connectivity index (χ3n) is 2.21. The summed E-state index contributed by atoms with van der Waals surface area (Å²) in [7, 11) is 0. The molecule has 0 aromatic rings. The Bertz CT molecular complexity index is 155. The molecule has 4 heteroatoms. The molecule has 1 rings (SSSR count). The Hall–Kier alpha value is -0.770. The van der Waals surface area contributed by atoms with Crippen molar-refractivity contribution < 1.29 is 14.6 Å². The van der Waals surface area contributed by atoms with Crippen molar-refractivity contribution >= 4 is 6.09 Å². The molecule has 1 aliphatic rings. The standard InChI is InChI=1S/C9H17NO3/c11-7-6-10-9(12)13-8-4-2-1-3-5-8/h8,11H,1-7H2,(H,10,12). The van der Waals surface area contributed by atoms with Gasteiger partial charge in [-0.1, -0.05) is 6.42 Å². The number of carbonyl (C=O) groups is 1. The van der Waals surface area contributed by atoms with Gasteiger partial charge in [0.2, 0.25) is 0 Å². The van der Waals surface area contributed by atoms with Crippen molar-refractivity contribution in [3.8, 4) is 0 Å². The number of hydrogen-bond acceptors (Lipinski definition) is 3. The lowest BCUT2D eigenvalue weighted by Crippen LogP contribution is -2.31. The SMILES string of the molecule is O=C(NCCO)OC1CCCCC1. The van der Waals surface area contributed by atoms with E-state index in [-0.39, 0.29) is 19.3 Å². The number of rotatable bonds is 3. The number of hydrogen-bond donors (Lipinski definition) is 2. The van der Waals surface area contributed by atoms with Crippen LogP contribution in [0.5, 0.6) is 0 Å². The molecular weight excluding hydrogens is 170 g/mol. The van der Waals surface area contributed by atoms with Gasteiger partial charge >= 0.3 is 6.09 Å². The van der Waals surface area contributed by atoms with E-state index < -0.39 is 6.09 Å². The highest BCUT2D eigenvalue weighted by Gasteiger charge is 2.16. The number of ether oxygens (including phenoxy) is 1. The van der Waals surface area contributed by atoms with Gasteiger partial charge in [-0.3, -0.25) is 0 Å². The molecule has 0 heterocycles. The molecule has 1 saturated carbocycles. The van der Waals surface area contributed by atoms with E-state index in [4.69, 9.17) is 9.84 Å². The maximum Gasteiger partial charge on any atom is 0.407 e. The Morgan fingerprint density at radius 3 is 2.69 bits per heavy atom. The zero-order chi connectivity index (χ0) is 9.52. The number of aliphatic hydroxyl groups is 1. The number of carbonyl (C=O) groups excluding carboxylic acids is 1. The summed E-state index contributed by atoms with van der Waals surface area (Å²) in [5.74, 6) is 0. The summed E-state index contributed by atoms with van der Waals surface area (Å²) in [6.45, 7) is 0.227. The fourth-order valence-corrected chi connectivity index (χ4v) is 1.53. The van der Waals surface area contributed by atoms with Gasteiger partial charge in [0.1, 0.15) is 6.10 Å². The van der Waals surface area contributed by atoms with Crippen molar-refractivity contribution in [2.45, 2.75) is 38.2 Å². The summed E-state index contributed by atoms with van der Waals surface area (Å²) >= 11 is 0. The van der Waals surface area contributed by atoms with Crippen LogP contribution in [0, 0.1) is 0 Å². The number of nitrogens with one attached hydrogen (secondary N) is 1. The molecule has 4 nitrogen and oxygen atoms in total. The van der Waals surface area contributed by atoms with Gasteiger partial charge in [-0.2, -0.15) is 0 Å². The Labute approximate surface area is 78.3 Å². The topological polar surface area (TPSA) is 58.6 Å². The van der Waals surface area contributed by atoms with Crippen LogP contribution in [0.15, 0.2) is 0 Å². The summed E-state index contributed by atoms with van der Waals surface area (Å²) in [5, 5.41) is 10.9. The highest BCUT2D eigenvalue weighted by molar-refractivity contribution is 5.67. The molecule has 0 radical (unpaired) electrons. The first kappa shape index (κ1) is 10.3. The Morgan fingerprint density at radius 1 is 1.38 bits per heavy atom. The van der Waals surface area contributed by atoms with Gasteiger partial charge in [0, 0.05) is 6.54 Å². The Morgan fingerprint density at radius 2 is 2.08 bits per heavy atom. The molecule has 13 heavy (non-hydrogen) atoms. The van der Waals surface area contributed by atoms with E-state index in [2.05, 4.69) is 5.32 Å². The van der Waals surface area contributed by atoms with Gasteiger partial charge in [0.25, 0.3) is 0 Å². The van der Waals surface area contributed by atoms with Gasteiger partial charge in [-0.25, -0.2) is 4.79 Å². The fraction of sp³-hybridized carbons (Fsp3) is 0.889. The van der Waals surface area contributed by atoms with Crippen LogP contribution in [-0.2, 0) is 4.74 Å². The molecule has 76 valence electrons. The van der Waals surface area contributed by atoms with Crippen LogP contribution in [0.2, 0.25) is 0 Å². The Kier molecular flexibility index (Phi) is 4.60. The van der Waals surface area contributed by atoms with Gasteiger partial charge in [-0.15, -0.1) is 0 Å². The third-order valence-corrected chi connectivity index (χ3v) is 2.21. The summed E-state index contributed by atoms with van der Waals surface area (Å²) in [6, 6.07) is 0. The van der Waals surface area contributed by atoms with E-state index in [1.165, 1.54) is 6.42 Å². The minimum Gasteiger partial charge on any atom is -0.446 e. The van der Waals surface area contributed by atoms with Crippen LogP contribution in [0.4, 0.5) is 4.79 Å². The van der Waals surface area contributed by atoms with E-state index in [9.17, 15) is 4.79 Å². The largest absolute Gasteiger partial charge is 0.446 e. The lowest BCUT2D eigenvalue weighted by Gasteiger charge is -2.21. The predicted molar refractivity (Wildman–Crippen MR) is 48.4 cm³/mol. The summed E-state index contributed by atoms with van der Waals surface area (Å²) in [5.41, 5.74) is 0. The first-order valence-electron chi connectivity index (χ1n) is 4.88. The first-order chi connectivity index (χ1) is 6.33. The van der Waals surface area contributed by atoms with Crippen molar-refractivity contribution in [3.63, 3.8) is 0 Å². The quantitative estimate of drug-likeness (QED) is 0.694. The van der Waals surface area contributed by atoms with Crippen molar-refractivity contribution in [2.75, 3.05) is 13.2 Å². The van der Waals surface area contributed by atoms with Gasteiger partial charge in [-0.05, 0) is 25.7 Å². The van der Waals surface area contributed by atoms with Crippen LogP contribution < -0.4 is 5.32 Å². The minimum atomic E-state index is -0.402. The predicted octanol–water partition coefficient (Wildman–Crippen LogP) is 1.04. The summed E-state index contributed by atoms with van der Waals surface area (Å²) in [6.07, 6.45) is 5.20. The van der Waals surface area contributed by atoms with E-state index in [1.807, 2.05) is 0 Å². The van der Waals surface area contributed by atoms with Crippen molar-refractivity contribution in [1.82, 2.24) is 5.32 Å². The average molecular weight is 187 g/mol. The molecule has 0 spiro atoms. The summed E-state index contributed by atoms with van der Waals surface area (Å²) < 4.78 is 5.13. The molecule has 1 fully saturated rings. The molecule has 1 amide bonds. The van der Waals surface area contributed by atoms with Crippen LogP contribution in [-0.4, -0.2) is 30.5 Å². The van der Waals surface area contributed by atoms with Gasteiger partial charge in [0.15, 0.2) is 0 Å². The number of amides is 1. The summed E-state index contributed by atoms with van der Waals surface area (Å²) in [4.78, 5) is 11.0. The molecule has 2 N–H and O–H groups in total. The lowest BCUT2D eigenvalue weighted by atomic mass is 9.98. The maximum atomic E-state index is 11.0. The lowest BCUT2D eigenvalue weighted by molar-refractivity contribution is 0.0742. The number of alkyl carbamates (subject to hydrolysis) is 1. The molecule has 0 aromatic heterocycles. The zero-order valence-corrected chi connectivity index (χ0v) is 7.79. The monoisotopic (exact) mass is 187 g/mol. The van der Waals surface area contributed by atoms with Crippen molar-refractivity contribution in [1.29, 1.82) is 0 Å². The maximum absolute atomic E-state index is 11.0. The third kappa shape index (κ3) is 4.12. The second kappa shape index (κ2) is 5.80. The molecule has 0 saturated heterocycles. The second-order valence-corrected chi connectivity index (χ2v) is 3.32. The number of aliphatic hydroxyl groups excluding tert-OH is 1. The molecule has 1 aliphatic carbocycles. The highest BCUT2D eigenvalue weighted by atomic mass is 16.6. The average Bonchev–Trinajstić information content (AvgIpc) is 2.16. The molecule has 0 unspecified atom stereocenters. The van der Waals surface area contributed by atoms with Gasteiger partial charge in [0.05, 0.1) is 6.61 Å². The molecule has 0 atom stereocenters. The van der Waals surface area contributed by atoms with Crippen LogP contribution in [0.1, 0.15) is 32.1 Å².